The second kappa shape index (κ2) is 2.93. The van der Waals surface area contributed by atoms with E-state index in [1.807, 2.05) is 0 Å². The first-order chi connectivity index (χ1) is 7.58. The van der Waals surface area contributed by atoms with Crippen molar-refractivity contribution in [2.75, 3.05) is 0 Å². The molecule has 0 aliphatic rings. The summed E-state index contributed by atoms with van der Waals surface area (Å²) in [4.78, 5) is -6.01. The molecule has 0 amide bonds. The van der Waals surface area contributed by atoms with Gasteiger partial charge in [-0.2, -0.15) is 0 Å². The van der Waals surface area contributed by atoms with Crippen molar-refractivity contribution in [2.24, 2.45) is 0 Å². The highest BCUT2D eigenvalue weighted by atomic mass is 127. The molecule has 0 saturated heterocycles. The van der Waals surface area contributed by atoms with Gasteiger partial charge in [-0.25, -0.2) is 0 Å². The van der Waals surface area contributed by atoms with Gasteiger partial charge in [-0.15, -0.1) is 0 Å². The standard InChI is InChI=1S/C6H3F10IS2/c7-18(8,9,10,11)5-1-4(17)2-6(3-5)19(12,13,14,15)16/h1-3H. The fourth-order valence-corrected chi connectivity index (χ4v) is 3.55. The summed E-state index contributed by atoms with van der Waals surface area (Å²) < 4.78 is 122. The summed E-state index contributed by atoms with van der Waals surface area (Å²) in [6.07, 6.45) is 0. The first-order valence-electron chi connectivity index (χ1n) is 3.87. The highest BCUT2D eigenvalue weighted by molar-refractivity contribution is 14.1. The van der Waals surface area contributed by atoms with Crippen LogP contribution in [0.3, 0.4) is 0 Å². The smallest absolute Gasteiger partial charge is 0.0936 e. The molecule has 0 radical (unpaired) electrons. The Kier molecular flexibility index (Phi) is 2.62. The van der Waals surface area contributed by atoms with Crippen molar-refractivity contribution in [3.8, 4) is 0 Å². The molecule has 0 saturated carbocycles. The third-order valence-corrected chi connectivity index (χ3v) is 4.61. The molecule has 0 nitrogen and oxygen atoms in total. The molecule has 0 aliphatic carbocycles. The number of rotatable bonds is 2. The van der Waals surface area contributed by atoms with Crippen molar-refractivity contribution >= 4 is 43.0 Å². The van der Waals surface area contributed by atoms with Gasteiger partial charge in [-0.05, 0) is 40.8 Å². The fourth-order valence-electron chi connectivity index (χ4n) is 0.982. The van der Waals surface area contributed by atoms with E-state index in [1.165, 1.54) is 0 Å². The van der Waals surface area contributed by atoms with E-state index in [4.69, 9.17) is 0 Å². The molecule has 13 heteroatoms. The minimum atomic E-state index is -10.5. The van der Waals surface area contributed by atoms with Gasteiger partial charge in [0.2, 0.25) is 0 Å². The summed E-state index contributed by atoms with van der Waals surface area (Å²) >= 11 is 0.809. The predicted octanol–water partition coefficient (Wildman–Crippen LogP) is 7.61. The Morgan fingerprint density at radius 2 is 0.842 bits per heavy atom. The Labute approximate surface area is 113 Å². The molecule has 0 bridgehead atoms. The van der Waals surface area contributed by atoms with Crippen molar-refractivity contribution < 1.29 is 38.9 Å². The van der Waals surface area contributed by atoms with Gasteiger partial charge >= 0.3 is 20.4 Å². The normalized spacial score (nSPS) is 21.0. The maximum Gasteiger partial charge on any atom is 0.310 e. The topological polar surface area (TPSA) is 0 Å². The Morgan fingerprint density at radius 3 is 1.05 bits per heavy atom. The van der Waals surface area contributed by atoms with Crippen molar-refractivity contribution in [1.29, 1.82) is 0 Å². The van der Waals surface area contributed by atoms with E-state index in [0.29, 0.717) is 0 Å². The number of hydrogen-bond donors (Lipinski definition) is 0. The molecule has 0 aliphatic heterocycles. The van der Waals surface area contributed by atoms with Crippen molar-refractivity contribution in [1.82, 2.24) is 0 Å². The van der Waals surface area contributed by atoms with Crippen LogP contribution in [0.1, 0.15) is 0 Å². The summed E-state index contributed by atoms with van der Waals surface area (Å²) in [7, 11) is -20.9. The Hall–Kier alpha value is -0.0500. The zero-order chi connectivity index (χ0) is 15.7. The summed E-state index contributed by atoms with van der Waals surface area (Å²) in [6.45, 7) is 0. The van der Waals surface area contributed by atoms with Gasteiger partial charge < -0.3 is 0 Å². The minimum Gasteiger partial charge on any atom is -0.0936 e. The number of halogens is 11. The first kappa shape index (κ1) is 17.0. The van der Waals surface area contributed by atoms with Crippen LogP contribution in [0.2, 0.25) is 0 Å². The van der Waals surface area contributed by atoms with Crippen LogP contribution in [0, 0.1) is 3.57 Å². The molecule has 0 spiro atoms. The van der Waals surface area contributed by atoms with E-state index in [0.717, 1.165) is 22.6 Å². The molecule has 19 heavy (non-hydrogen) atoms. The average molecular weight is 456 g/mol. The van der Waals surface area contributed by atoms with E-state index in [-0.39, 0.29) is 12.1 Å². The Morgan fingerprint density at radius 1 is 0.579 bits per heavy atom. The van der Waals surface area contributed by atoms with Gasteiger partial charge in [0.25, 0.3) is 0 Å². The van der Waals surface area contributed by atoms with Gasteiger partial charge in [0, 0.05) is 3.57 Å². The molecular formula is C6H3F10IS2. The monoisotopic (exact) mass is 456 g/mol. The van der Waals surface area contributed by atoms with Crippen LogP contribution in [-0.4, -0.2) is 0 Å². The minimum absolute atomic E-state index is 0.324. The van der Waals surface area contributed by atoms with Crippen LogP contribution in [-0.2, 0) is 0 Å². The lowest BCUT2D eigenvalue weighted by Crippen LogP contribution is -2.11. The number of benzene rings is 1. The average Bonchev–Trinajstić information content (AvgIpc) is 1.93. The second-order valence-electron chi connectivity index (χ2n) is 3.56. The third-order valence-electron chi connectivity index (χ3n) is 1.74. The van der Waals surface area contributed by atoms with Crippen LogP contribution in [0.5, 0.6) is 0 Å². The molecule has 0 heterocycles. The van der Waals surface area contributed by atoms with Gasteiger partial charge in [0.1, 0.15) is 9.79 Å². The molecular weight excluding hydrogens is 453 g/mol. The lowest BCUT2D eigenvalue weighted by atomic mass is 10.4. The third kappa shape index (κ3) is 4.47. The molecule has 1 aromatic carbocycles. The van der Waals surface area contributed by atoms with Crippen LogP contribution in [0.4, 0.5) is 38.9 Å². The van der Waals surface area contributed by atoms with Crippen LogP contribution in [0.15, 0.2) is 28.0 Å². The largest absolute Gasteiger partial charge is 0.310 e. The summed E-state index contributed by atoms with van der Waals surface area (Å²) in [5.41, 5.74) is 0. The molecule has 1 aromatic rings. The van der Waals surface area contributed by atoms with Gasteiger partial charge in [0.15, 0.2) is 0 Å². The van der Waals surface area contributed by atoms with E-state index < -0.39 is 39.9 Å². The van der Waals surface area contributed by atoms with Gasteiger partial charge in [0.05, 0.1) is 0 Å². The SMILES string of the molecule is FS(F)(F)(F)(F)c1cc(I)cc(S(F)(F)(F)(F)F)c1. The van der Waals surface area contributed by atoms with E-state index in [9.17, 15) is 38.9 Å². The first-order valence-corrected chi connectivity index (χ1v) is 8.85. The van der Waals surface area contributed by atoms with Crippen molar-refractivity contribution in [2.45, 2.75) is 9.79 Å². The van der Waals surface area contributed by atoms with Gasteiger partial charge in [-0.3, -0.25) is 0 Å². The van der Waals surface area contributed by atoms with E-state index in [1.54, 1.807) is 0 Å². The maximum absolute atomic E-state index is 12.3. The maximum atomic E-state index is 12.3. The molecule has 116 valence electrons. The lowest BCUT2D eigenvalue weighted by Gasteiger charge is -2.44. The zero-order valence-electron chi connectivity index (χ0n) is 8.21. The Bertz CT molecular complexity index is 505. The fraction of sp³-hybridized carbons (Fsp3) is 0. The molecule has 0 unspecified atom stereocenters. The summed E-state index contributed by atoms with van der Waals surface area (Å²) in [5.74, 6) is 0. The van der Waals surface area contributed by atoms with Crippen molar-refractivity contribution in [3.63, 3.8) is 0 Å². The molecule has 0 fully saturated rings. The van der Waals surface area contributed by atoms with E-state index in [2.05, 4.69) is 0 Å². The summed E-state index contributed by atoms with van der Waals surface area (Å²) in [5, 5.41) is 0. The van der Waals surface area contributed by atoms with Gasteiger partial charge in [-0.1, -0.05) is 38.9 Å². The highest BCUT2D eigenvalue weighted by Crippen LogP contribution is 3.05. The molecule has 0 atom stereocenters. The van der Waals surface area contributed by atoms with E-state index >= 15 is 0 Å². The molecule has 0 N–H and O–H groups in total. The van der Waals surface area contributed by atoms with Crippen LogP contribution >= 0.6 is 43.0 Å². The van der Waals surface area contributed by atoms with Crippen molar-refractivity contribution in [3.05, 3.63) is 21.8 Å². The molecule has 1 rings (SSSR count). The second-order valence-corrected chi connectivity index (χ2v) is 9.62. The quantitative estimate of drug-likeness (QED) is 0.318. The highest BCUT2D eigenvalue weighted by Gasteiger charge is 2.69. The lowest BCUT2D eigenvalue weighted by molar-refractivity contribution is 0.360. The zero-order valence-corrected chi connectivity index (χ0v) is 12.0. The van der Waals surface area contributed by atoms with Crippen LogP contribution < -0.4 is 0 Å². The number of hydrogen-bond acceptors (Lipinski definition) is 0. The Balaban J connectivity index is 3.79. The summed E-state index contributed by atoms with van der Waals surface area (Å²) in [6, 6.07) is -1.91. The van der Waals surface area contributed by atoms with Crippen LogP contribution in [0.25, 0.3) is 0 Å². The molecule has 0 aromatic heterocycles. The predicted molar refractivity (Wildman–Crippen MR) is 62.0 cm³/mol.